The minimum atomic E-state index is -0.699. The highest BCUT2D eigenvalue weighted by atomic mass is 19.1. The largest absolute Gasteiger partial charge is 0.393 e. The first-order chi connectivity index (χ1) is 7.99. The number of hydrogen-bond donors (Lipinski definition) is 0. The quantitative estimate of drug-likeness (QED) is 0.577. The number of carbonyl (C=O) groups is 2. The summed E-state index contributed by atoms with van der Waals surface area (Å²) in [6, 6.07) is 4.18. The molecule has 5 heteroatoms. The molecule has 1 heterocycles. The second-order valence-electron chi connectivity index (χ2n) is 4.15. The monoisotopic (exact) mass is 237 g/mol. The first-order valence-corrected chi connectivity index (χ1v) is 5.20. The number of ether oxygens (including phenoxy) is 1. The van der Waals surface area contributed by atoms with Crippen LogP contribution in [0.3, 0.4) is 0 Å². The van der Waals surface area contributed by atoms with Crippen molar-refractivity contribution in [2.75, 3.05) is 19.0 Å². The van der Waals surface area contributed by atoms with Gasteiger partial charge >= 0.3 is 11.9 Å². The van der Waals surface area contributed by atoms with Crippen molar-refractivity contribution in [2.45, 2.75) is 12.3 Å². The first kappa shape index (κ1) is 11.6. The topological polar surface area (TPSA) is 46.6 Å². The van der Waals surface area contributed by atoms with Crippen molar-refractivity contribution in [2.24, 2.45) is 0 Å². The average molecular weight is 237 g/mol. The first-order valence-electron chi connectivity index (χ1n) is 5.20. The van der Waals surface area contributed by atoms with Gasteiger partial charge in [0.2, 0.25) is 0 Å². The lowest BCUT2D eigenvalue weighted by atomic mass is 9.95. The maximum absolute atomic E-state index is 13.2. The van der Waals surface area contributed by atoms with Gasteiger partial charge in [-0.25, -0.2) is 4.39 Å². The zero-order valence-corrected chi connectivity index (χ0v) is 9.57. The molecule has 4 nitrogen and oxygen atoms in total. The number of cyclic esters (lactones) is 2. The van der Waals surface area contributed by atoms with Crippen LogP contribution in [-0.2, 0) is 14.3 Å². The van der Waals surface area contributed by atoms with Crippen LogP contribution in [0.5, 0.6) is 0 Å². The van der Waals surface area contributed by atoms with E-state index in [0.717, 1.165) is 0 Å². The van der Waals surface area contributed by atoms with Crippen LogP contribution < -0.4 is 4.90 Å². The van der Waals surface area contributed by atoms with Gasteiger partial charge in [-0.05, 0) is 23.8 Å². The molecule has 0 saturated carbocycles. The van der Waals surface area contributed by atoms with Crippen LogP contribution in [0.2, 0.25) is 0 Å². The Morgan fingerprint density at radius 3 is 2.59 bits per heavy atom. The summed E-state index contributed by atoms with van der Waals surface area (Å²) in [5.74, 6) is -2.30. The summed E-state index contributed by atoms with van der Waals surface area (Å²) >= 11 is 0. The third-order valence-corrected chi connectivity index (χ3v) is 2.72. The van der Waals surface area contributed by atoms with E-state index in [9.17, 15) is 14.0 Å². The molecule has 1 aromatic carbocycles. The molecule has 2 rings (SSSR count). The molecule has 90 valence electrons. The SMILES string of the molecule is CN(C)c1ccc(F)cc1C1CC(=O)OC1=O. The molecule has 0 N–H and O–H groups in total. The van der Waals surface area contributed by atoms with Gasteiger partial charge in [-0.15, -0.1) is 0 Å². The predicted octanol–water partition coefficient (Wildman–Crippen LogP) is 1.45. The van der Waals surface area contributed by atoms with Crippen molar-refractivity contribution in [3.63, 3.8) is 0 Å². The van der Waals surface area contributed by atoms with E-state index in [0.29, 0.717) is 11.3 Å². The smallest absolute Gasteiger partial charge is 0.321 e. The summed E-state index contributed by atoms with van der Waals surface area (Å²) < 4.78 is 17.7. The van der Waals surface area contributed by atoms with Crippen LogP contribution in [-0.4, -0.2) is 26.0 Å². The Morgan fingerprint density at radius 1 is 1.35 bits per heavy atom. The third kappa shape index (κ3) is 2.13. The van der Waals surface area contributed by atoms with E-state index in [1.165, 1.54) is 12.1 Å². The molecule has 0 spiro atoms. The highest BCUT2D eigenvalue weighted by Crippen LogP contribution is 2.34. The lowest BCUT2D eigenvalue weighted by molar-refractivity contribution is -0.152. The Balaban J connectivity index is 2.46. The molecule has 0 radical (unpaired) electrons. The fourth-order valence-electron chi connectivity index (χ4n) is 1.92. The van der Waals surface area contributed by atoms with Gasteiger partial charge in [-0.1, -0.05) is 0 Å². The van der Waals surface area contributed by atoms with Crippen molar-refractivity contribution in [1.29, 1.82) is 0 Å². The van der Waals surface area contributed by atoms with E-state index in [-0.39, 0.29) is 6.42 Å². The Kier molecular flexibility index (Phi) is 2.83. The van der Waals surface area contributed by atoms with Crippen LogP contribution in [0.4, 0.5) is 10.1 Å². The van der Waals surface area contributed by atoms with E-state index >= 15 is 0 Å². The molecule has 1 unspecified atom stereocenters. The van der Waals surface area contributed by atoms with E-state index in [4.69, 9.17) is 0 Å². The summed E-state index contributed by atoms with van der Waals surface area (Å²) in [6.45, 7) is 0. The summed E-state index contributed by atoms with van der Waals surface area (Å²) in [6.07, 6.45) is -0.0247. The molecular weight excluding hydrogens is 225 g/mol. The zero-order valence-electron chi connectivity index (χ0n) is 9.57. The van der Waals surface area contributed by atoms with E-state index in [1.54, 1.807) is 25.1 Å². The predicted molar refractivity (Wildman–Crippen MR) is 59.2 cm³/mol. The van der Waals surface area contributed by atoms with Crippen LogP contribution >= 0.6 is 0 Å². The highest BCUT2D eigenvalue weighted by Gasteiger charge is 2.36. The number of rotatable bonds is 2. The molecule has 0 aliphatic carbocycles. The van der Waals surface area contributed by atoms with Gasteiger partial charge in [0.15, 0.2) is 0 Å². The molecule has 0 aromatic heterocycles. The van der Waals surface area contributed by atoms with Crippen molar-refractivity contribution >= 4 is 17.6 Å². The number of halogens is 1. The van der Waals surface area contributed by atoms with Gasteiger partial charge < -0.3 is 9.64 Å². The fraction of sp³-hybridized carbons (Fsp3) is 0.333. The third-order valence-electron chi connectivity index (χ3n) is 2.72. The maximum atomic E-state index is 13.2. The standard InChI is InChI=1S/C12H12FNO3/c1-14(2)10-4-3-7(13)5-8(10)9-6-11(15)17-12(9)16/h3-5,9H,6H2,1-2H3. The number of hydrogen-bond acceptors (Lipinski definition) is 4. The van der Waals surface area contributed by atoms with E-state index in [2.05, 4.69) is 4.74 Å². The molecule has 1 aromatic rings. The van der Waals surface area contributed by atoms with Crippen LogP contribution in [0, 0.1) is 5.82 Å². The van der Waals surface area contributed by atoms with Gasteiger partial charge in [-0.2, -0.15) is 0 Å². The molecule has 17 heavy (non-hydrogen) atoms. The lowest BCUT2D eigenvalue weighted by Crippen LogP contribution is -2.15. The van der Waals surface area contributed by atoms with Crippen molar-refractivity contribution in [3.05, 3.63) is 29.6 Å². The normalized spacial score (nSPS) is 19.4. The zero-order chi connectivity index (χ0) is 12.6. The van der Waals surface area contributed by atoms with Gasteiger partial charge in [0.25, 0.3) is 0 Å². The molecule has 1 atom stereocenters. The van der Waals surface area contributed by atoms with Crippen molar-refractivity contribution < 1.29 is 18.7 Å². The second-order valence-corrected chi connectivity index (χ2v) is 4.15. The number of carbonyl (C=O) groups excluding carboxylic acids is 2. The van der Waals surface area contributed by atoms with Gasteiger partial charge in [0.1, 0.15) is 5.82 Å². The molecule has 1 fully saturated rings. The molecule has 0 bridgehead atoms. The lowest BCUT2D eigenvalue weighted by Gasteiger charge is -2.19. The van der Waals surface area contributed by atoms with Gasteiger partial charge in [-0.3, -0.25) is 9.59 Å². The van der Waals surface area contributed by atoms with Crippen LogP contribution in [0.25, 0.3) is 0 Å². The Bertz CT molecular complexity index is 485. The van der Waals surface area contributed by atoms with Crippen LogP contribution in [0.15, 0.2) is 18.2 Å². The number of nitrogens with zero attached hydrogens (tertiary/aromatic N) is 1. The minimum Gasteiger partial charge on any atom is -0.393 e. The molecule has 1 aliphatic rings. The number of benzene rings is 1. The summed E-state index contributed by atoms with van der Waals surface area (Å²) in [7, 11) is 3.58. The molecule has 1 aliphatic heterocycles. The minimum absolute atomic E-state index is 0.0247. The Morgan fingerprint density at radius 2 is 2.06 bits per heavy atom. The molecular formula is C12H12FNO3. The van der Waals surface area contributed by atoms with Crippen molar-refractivity contribution in [3.8, 4) is 0 Å². The molecule has 1 saturated heterocycles. The summed E-state index contributed by atoms with van der Waals surface area (Å²) in [5.41, 5.74) is 1.20. The van der Waals surface area contributed by atoms with Crippen LogP contribution in [0.1, 0.15) is 17.9 Å². The molecule has 0 amide bonds. The Labute approximate surface area is 98.0 Å². The highest BCUT2D eigenvalue weighted by molar-refractivity contribution is 5.98. The number of anilines is 1. The average Bonchev–Trinajstić information content (AvgIpc) is 2.57. The van der Waals surface area contributed by atoms with E-state index in [1.807, 2.05) is 0 Å². The van der Waals surface area contributed by atoms with Crippen molar-refractivity contribution in [1.82, 2.24) is 0 Å². The maximum Gasteiger partial charge on any atom is 0.321 e. The van der Waals surface area contributed by atoms with Gasteiger partial charge in [0, 0.05) is 19.8 Å². The fourth-order valence-corrected chi connectivity index (χ4v) is 1.92. The number of esters is 2. The summed E-state index contributed by atoms with van der Waals surface area (Å²) in [5, 5.41) is 0. The summed E-state index contributed by atoms with van der Waals surface area (Å²) in [4.78, 5) is 24.3. The van der Waals surface area contributed by atoms with E-state index < -0.39 is 23.7 Å². The van der Waals surface area contributed by atoms with Gasteiger partial charge in [0.05, 0.1) is 12.3 Å². The second kappa shape index (κ2) is 4.16. The Hall–Kier alpha value is -1.91.